The standard InChI is InChI=1S/C20H18N2O2/c1-20(2)11-17(14-6-4-13(12-21)5-7-14)16-10-15(19(22)23-3)8-9-18(16)24-20/h4-11,22H,1-3H3. The van der Waals surface area contributed by atoms with Gasteiger partial charge in [0.05, 0.1) is 18.7 Å². The zero-order valence-corrected chi connectivity index (χ0v) is 13.9. The van der Waals surface area contributed by atoms with E-state index >= 15 is 0 Å². The van der Waals surface area contributed by atoms with Crippen LogP contribution in [0.3, 0.4) is 0 Å². The van der Waals surface area contributed by atoms with Gasteiger partial charge in [0.1, 0.15) is 11.4 Å². The fourth-order valence-corrected chi connectivity index (χ4v) is 2.79. The van der Waals surface area contributed by atoms with Crippen LogP contribution in [0.2, 0.25) is 0 Å². The highest BCUT2D eigenvalue weighted by molar-refractivity contribution is 5.94. The average molecular weight is 318 g/mol. The molecule has 24 heavy (non-hydrogen) atoms. The minimum absolute atomic E-state index is 0.113. The van der Waals surface area contributed by atoms with Crippen molar-refractivity contribution in [2.24, 2.45) is 0 Å². The Hall–Kier alpha value is -3.06. The summed E-state index contributed by atoms with van der Waals surface area (Å²) in [4.78, 5) is 0. The third kappa shape index (κ3) is 2.89. The molecule has 0 spiro atoms. The Morgan fingerprint density at radius 3 is 2.50 bits per heavy atom. The summed E-state index contributed by atoms with van der Waals surface area (Å²) >= 11 is 0. The quantitative estimate of drug-likeness (QED) is 0.668. The molecular formula is C20H18N2O2. The minimum atomic E-state index is -0.438. The summed E-state index contributed by atoms with van der Waals surface area (Å²) in [6.07, 6.45) is 2.07. The first-order chi connectivity index (χ1) is 11.4. The predicted octanol–water partition coefficient (Wildman–Crippen LogP) is 4.13. The Morgan fingerprint density at radius 1 is 1.17 bits per heavy atom. The molecule has 4 nitrogen and oxygen atoms in total. The van der Waals surface area contributed by atoms with Crippen molar-refractivity contribution in [2.75, 3.05) is 7.11 Å². The van der Waals surface area contributed by atoms with E-state index in [1.54, 1.807) is 12.1 Å². The second-order valence-corrected chi connectivity index (χ2v) is 6.20. The highest BCUT2D eigenvalue weighted by Crippen LogP contribution is 2.40. The summed E-state index contributed by atoms with van der Waals surface area (Å²) in [6.45, 7) is 4.01. The van der Waals surface area contributed by atoms with E-state index < -0.39 is 5.60 Å². The van der Waals surface area contributed by atoms with Crippen LogP contribution in [0, 0.1) is 16.7 Å². The molecule has 2 aromatic carbocycles. The Kier molecular flexibility index (Phi) is 3.86. The van der Waals surface area contributed by atoms with Gasteiger partial charge in [-0.3, -0.25) is 5.41 Å². The van der Waals surface area contributed by atoms with Crippen molar-refractivity contribution >= 4 is 11.5 Å². The van der Waals surface area contributed by atoms with Crippen molar-refractivity contribution in [3.8, 4) is 11.8 Å². The van der Waals surface area contributed by atoms with Crippen LogP contribution in [-0.2, 0) is 4.74 Å². The minimum Gasteiger partial charge on any atom is -0.483 e. The number of benzene rings is 2. The van der Waals surface area contributed by atoms with Crippen molar-refractivity contribution < 1.29 is 9.47 Å². The van der Waals surface area contributed by atoms with Gasteiger partial charge in [0.25, 0.3) is 0 Å². The first-order valence-electron chi connectivity index (χ1n) is 7.63. The van der Waals surface area contributed by atoms with E-state index in [1.165, 1.54) is 7.11 Å². The molecule has 0 saturated carbocycles. The molecule has 2 aromatic rings. The topological polar surface area (TPSA) is 66.1 Å². The van der Waals surface area contributed by atoms with E-state index in [0.717, 1.165) is 22.4 Å². The molecule has 0 amide bonds. The van der Waals surface area contributed by atoms with Gasteiger partial charge in [0, 0.05) is 11.1 Å². The molecule has 1 aliphatic rings. The van der Waals surface area contributed by atoms with Gasteiger partial charge in [0.15, 0.2) is 0 Å². The lowest BCUT2D eigenvalue weighted by Gasteiger charge is -2.31. The molecule has 0 aromatic heterocycles. The van der Waals surface area contributed by atoms with Gasteiger partial charge in [-0.1, -0.05) is 12.1 Å². The first-order valence-corrected chi connectivity index (χ1v) is 7.63. The van der Waals surface area contributed by atoms with Crippen LogP contribution in [0.5, 0.6) is 5.75 Å². The number of rotatable bonds is 2. The van der Waals surface area contributed by atoms with Gasteiger partial charge < -0.3 is 9.47 Å². The number of methoxy groups -OCH3 is 1. The van der Waals surface area contributed by atoms with E-state index in [9.17, 15) is 0 Å². The van der Waals surface area contributed by atoms with Gasteiger partial charge in [-0.2, -0.15) is 5.26 Å². The normalized spacial score (nSPS) is 14.7. The Morgan fingerprint density at radius 2 is 1.88 bits per heavy atom. The van der Waals surface area contributed by atoms with Crippen LogP contribution in [0.15, 0.2) is 48.5 Å². The Labute approximate surface area is 141 Å². The third-order valence-corrected chi connectivity index (χ3v) is 3.93. The highest BCUT2D eigenvalue weighted by atomic mass is 16.5. The van der Waals surface area contributed by atoms with E-state index in [4.69, 9.17) is 20.1 Å². The van der Waals surface area contributed by atoms with Crippen LogP contribution in [0.1, 0.15) is 36.1 Å². The number of nitrogens with one attached hydrogen (secondary N) is 1. The fourth-order valence-electron chi connectivity index (χ4n) is 2.79. The summed E-state index contributed by atoms with van der Waals surface area (Å²) in [5.74, 6) is 0.885. The van der Waals surface area contributed by atoms with Crippen molar-refractivity contribution in [2.45, 2.75) is 19.4 Å². The lowest BCUT2D eigenvalue weighted by molar-refractivity contribution is 0.158. The molecular weight excluding hydrogens is 300 g/mol. The summed E-state index contributed by atoms with van der Waals surface area (Å²) in [6, 6.07) is 15.2. The number of fused-ring (bicyclic) bond motifs is 1. The van der Waals surface area contributed by atoms with Crippen molar-refractivity contribution in [1.29, 1.82) is 10.7 Å². The maximum absolute atomic E-state index is 8.98. The van der Waals surface area contributed by atoms with Gasteiger partial charge in [-0.05, 0) is 61.4 Å². The Bertz CT molecular complexity index is 872. The molecule has 1 heterocycles. The largest absolute Gasteiger partial charge is 0.483 e. The first kappa shape index (κ1) is 15.8. The number of nitrogens with zero attached hydrogens (tertiary/aromatic N) is 1. The van der Waals surface area contributed by atoms with Crippen molar-refractivity contribution in [3.63, 3.8) is 0 Å². The molecule has 0 fully saturated rings. The molecule has 0 atom stereocenters. The summed E-state index contributed by atoms with van der Waals surface area (Å²) in [5, 5.41) is 16.9. The van der Waals surface area contributed by atoms with Crippen LogP contribution < -0.4 is 4.74 Å². The lowest BCUT2D eigenvalue weighted by atomic mass is 9.89. The van der Waals surface area contributed by atoms with Crippen LogP contribution in [-0.4, -0.2) is 18.6 Å². The SMILES string of the molecule is COC(=N)c1ccc2c(c1)C(c1ccc(C#N)cc1)=CC(C)(C)O2. The molecule has 0 saturated heterocycles. The number of ether oxygens (including phenoxy) is 2. The fraction of sp³-hybridized carbons (Fsp3) is 0.200. The van der Waals surface area contributed by atoms with Crippen LogP contribution in [0.25, 0.3) is 5.57 Å². The van der Waals surface area contributed by atoms with Crippen LogP contribution in [0.4, 0.5) is 0 Å². The van der Waals surface area contributed by atoms with Gasteiger partial charge in [-0.25, -0.2) is 0 Å². The van der Waals surface area contributed by atoms with E-state index in [1.807, 2.05) is 44.2 Å². The number of hydrogen-bond acceptors (Lipinski definition) is 4. The second kappa shape index (κ2) is 5.86. The monoisotopic (exact) mass is 318 g/mol. The maximum atomic E-state index is 8.98. The van der Waals surface area contributed by atoms with Gasteiger partial charge >= 0.3 is 0 Å². The summed E-state index contributed by atoms with van der Waals surface area (Å²) < 4.78 is 11.1. The van der Waals surface area contributed by atoms with E-state index in [2.05, 4.69) is 12.1 Å². The van der Waals surface area contributed by atoms with Crippen molar-refractivity contribution in [1.82, 2.24) is 0 Å². The average Bonchev–Trinajstić information content (AvgIpc) is 2.59. The highest BCUT2D eigenvalue weighted by Gasteiger charge is 2.27. The zero-order valence-electron chi connectivity index (χ0n) is 13.9. The molecule has 1 aliphatic heterocycles. The predicted molar refractivity (Wildman–Crippen MR) is 93.2 cm³/mol. The molecule has 3 rings (SSSR count). The molecule has 120 valence electrons. The van der Waals surface area contributed by atoms with E-state index in [-0.39, 0.29) is 5.90 Å². The van der Waals surface area contributed by atoms with Gasteiger partial charge in [-0.15, -0.1) is 0 Å². The molecule has 1 N–H and O–H groups in total. The summed E-state index contributed by atoms with van der Waals surface area (Å²) in [7, 11) is 1.48. The zero-order chi connectivity index (χ0) is 17.3. The van der Waals surface area contributed by atoms with Crippen molar-refractivity contribution in [3.05, 3.63) is 70.8 Å². The Balaban J connectivity index is 2.15. The third-order valence-electron chi connectivity index (χ3n) is 3.93. The number of nitriles is 1. The smallest absolute Gasteiger partial charge is 0.212 e. The van der Waals surface area contributed by atoms with E-state index in [0.29, 0.717) is 11.1 Å². The maximum Gasteiger partial charge on any atom is 0.212 e. The molecule has 0 aliphatic carbocycles. The second-order valence-electron chi connectivity index (χ2n) is 6.20. The number of hydrogen-bond donors (Lipinski definition) is 1. The molecule has 4 heteroatoms. The summed E-state index contributed by atoms with van der Waals surface area (Å²) in [5.41, 5.74) is 3.83. The van der Waals surface area contributed by atoms with Gasteiger partial charge in [0.2, 0.25) is 5.90 Å². The molecule has 0 bridgehead atoms. The van der Waals surface area contributed by atoms with Crippen LogP contribution >= 0.6 is 0 Å². The lowest BCUT2D eigenvalue weighted by Crippen LogP contribution is -2.29. The molecule has 0 radical (unpaired) electrons. The molecule has 0 unspecified atom stereocenters.